The molecule has 3 rings (SSSR count). The maximum Gasteiger partial charge on any atom is 0.317 e. The van der Waals surface area contributed by atoms with E-state index in [4.69, 9.17) is 21.4 Å². The van der Waals surface area contributed by atoms with E-state index in [9.17, 15) is 9.59 Å². The van der Waals surface area contributed by atoms with Crippen molar-refractivity contribution in [2.24, 2.45) is 0 Å². The van der Waals surface area contributed by atoms with Crippen LogP contribution < -0.4 is 5.32 Å². The van der Waals surface area contributed by atoms with Gasteiger partial charge in [0, 0.05) is 36.6 Å². The Balaban J connectivity index is 1.50. The van der Waals surface area contributed by atoms with Crippen LogP contribution in [0.15, 0.2) is 24.3 Å². The van der Waals surface area contributed by atoms with Gasteiger partial charge in [-0.15, -0.1) is 0 Å². The number of carbonyl (C=O) groups is 2. The van der Waals surface area contributed by atoms with Crippen LogP contribution in [0.4, 0.5) is 4.79 Å². The molecule has 2 N–H and O–H groups in total. The predicted molar refractivity (Wildman–Crippen MR) is 102 cm³/mol. The lowest BCUT2D eigenvalue weighted by atomic mass is 9.96. The number of benzene rings is 1. The highest BCUT2D eigenvalue weighted by Gasteiger charge is 2.44. The number of rotatable bonds is 7. The second-order valence-corrected chi connectivity index (χ2v) is 7.92. The quantitative estimate of drug-likeness (QED) is 0.735. The van der Waals surface area contributed by atoms with E-state index in [2.05, 4.69) is 11.4 Å². The number of hydrogen-bond acceptors (Lipinski definition) is 4. The molecule has 1 atom stereocenters. The summed E-state index contributed by atoms with van der Waals surface area (Å²) in [5.41, 5.74) is 1.17. The van der Waals surface area contributed by atoms with Crippen LogP contribution in [0.2, 0.25) is 5.02 Å². The Morgan fingerprint density at radius 2 is 2.22 bits per heavy atom. The number of ether oxygens (including phenoxy) is 1. The first-order valence-electron chi connectivity index (χ1n) is 9.19. The molecule has 1 aliphatic carbocycles. The Morgan fingerprint density at radius 1 is 1.44 bits per heavy atom. The Morgan fingerprint density at radius 3 is 2.89 bits per heavy atom. The van der Waals surface area contributed by atoms with Gasteiger partial charge >= 0.3 is 12.0 Å². The van der Waals surface area contributed by atoms with Gasteiger partial charge in [-0.2, -0.15) is 0 Å². The fourth-order valence-electron chi connectivity index (χ4n) is 3.55. The second-order valence-electron chi connectivity index (χ2n) is 7.48. The van der Waals surface area contributed by atoms with Gasteiger partial charge in [0.2, 0.25) is 0 Å². The number of urea groups is 1. The summed E-state index contributed by atoms with van der Waals surface area (Å²) in [6.07, 6.45) is 1.90. The van der Waals surface area contributed by atoms with Crippen molar-refractivity contribution < 1.29 is 19.4 Å². The van der Waals surface area contributed by atoms with Crippen LogP contribution >= 0.6 is 11.6 Å². The van der Waals surface area contributed by atoms with Gasteiger partial charge in [-0.25, -0.2) is 4.79 Å². The summed E-state index contributed by atoms with van der Waals surface area (Å²) in [5, 5.41) is 12.6. The third kappa shape index (κ3) is 5.34. The summed E-state index contributed by atoms with van der Waals surface area (Å²) >= 11 is 6.10. The SMILES string of the molecule is CN(CC(=O)O)CC1CN(C(=O)NCC2(c3cccc(Cl)c3)CC2)CCO1. The van der Waals surface area contributed by atoms with Gasteiger partial charge in [0.15, 0.2) is 0 Å². The maximum absolute atomic E-state index is 12.6. The summed E-state index contributed by atoms with van der Waals surface area (Å²) < 4.78 is 5.68. The maximum atomic E-state index is 12.6. The summed E-state index contributed by atoms with van der Waals surface area (Å²) in [6, 6.07) is 7.74. The Labute approximate surface area is 164 Å². The van der Waals surface area contributed by atoms with Crippen molar-refractivity contribution in [2.75, 3.05) is 46.4 Å². The van der Waals surface area contributed by atoms with E-state index in [1.807, 2.05) is 18.2 Å². The number of likely N-dealkylation sites (N-methyl/N-ethyl adjacent to an activating group) is 1. The normalized spacial score (nSPS) is 21.1. The third-order valence-electron chi connectivity index (χ3n) is 5.22. The van der Waals surface area contributed by atoms with Crippen LogP contribution in [0.1, 0.15) is 18.4 Å². The molecule has 2 aliphatic rings. The van der Waals surface area contributed by atoms with Gasteiger partial charge in [0.05, 0.1) is 19.3 Å². The minimum atomic E-state index is -0.876. The first kappa shape index (κ1) is 19.9. The van der Waals surface area contributed by atoms with Gasteiger partial charge in [-0.05, 0) is 37.6 Å². The average molecular weight is 396 g/mol. The smallest absolute Gasteiger partial charge is 0.317 e. The van der Waals surface area contributed by atoms with Gasteiger partial charge in [-0.3, -0.25) is 9.69 Å². The van der Waals surface area contributed by atoms with Crippen LogP contribution in [0, 0.1) is 0 Å². The number of amides is 2. The summed E-state index contributed by atoms with van der Waals surface area (Å²) in [6.45, 7) is 2.47. The second kappa shape index (κ2) is 8.46. The average Bonchev–Trinajstić information content (AvgIpc) is 3.40. The van der Waals surface area contributed by atoms with Crippen molar-refractivity contribution in [3.8, 4) is 0 Å². The van der Waals surface area contributed by atoms with Crippen LogP contribution in [-0.2, 0) is 14.9 Å². The zero-order chi connectivity index (χ0) is 19.4. The monoisotopic (exact) mass is 395 g/mol. The van der Waals surface area contributed by atoms with E-state index in [0.717, 1.165) is 12.8 Å². The van der Waals surface area contributed by atoms with Gasteiger partial charge in [0.25, 0.3) is 0 Å². The number of carbonyl (C=O) groups excluding carboxylic acids is 1. The molecule has 1 heterocycles. The highest BCUT2D eigenvalue weighted by molar-refractivity contribution is 6.30. The molecule has 2 fully saturated rings. The van der Waals surface area contributed by atoms with Crippen molar-refractivity contribution in [1.29, 1.82) is 0 Å². The molecule has 0 bridgehead atoms. The largest absolute Gasteiger partial charge is 0.480 e. The predicted octanol–water partition coefficient (Wildman–Crippen LogP) is 1.80. The number of halogens is 1. The molecule has 7 nitrogen and oxygen atoms in total. The van der Waals surface area contributed by atoms with E-state index < -0.39 is 5.97 Å². The van der Waals surface area contributed by atoms with E-state index in [0.29, 0.717) is 37.8 Å². The van der Waals surface area contributed by atoms with Crippen LogP contribution in [-0.4, -0.2) is 79.4 Å². The molecule has 0 spiro atoms. The molecule has 148 valence electrons. The number of morpholine rings is 1. The summed E-state index contributed by atoms with van der Waals surface area (Å²) in [5.74, 6) is -0.876. The molecule has 8 heteroatoms. The van der Waals surface area contributed by atoms with Crippen molar-refractivity contribution in [2.45, 2.75) is 24.4 Å². The van der Waals surface area contributed by atoms with Gasteiger partial charge < -0.3 is 20.1 Å². The summed E-state index contributed by atoms with van der Waals surface area (Å²) in [4.78, 5) is 26.8. The minimum Gasteiger partial charge on any atom is -0.480 e. The fourth-order valence-corrected chi connectivity index (χ4v) is 3.74. The van der Waals surface area contributed by atoms with Crippen molar-refractivity contribution in [3.63, 3.8) is 0 Å². The van der Waals surface area contributed by atoms with Crippen LogP contribution in [0.25, 0.3) is 0 Å². The number of carboxylic acids is 1. The number of nitrogens with one attached hydrogen (secondary N) is 1. The lowest BCUT2D eigenvalue weighted by molar-refractivity contribution is -0.138. The van der Waals surface area contributed by atoms with Gasteiger partial charge in [0.1, 0.15) is 0 Å². The molecule has 0 aromatic heterocycles. The molecular formula is C19H26ClN3O4. The van der Waals surface area contributed by atoms with Crippen LogP contribution in [0.5, 0.6) is 0 Å². The van der Waals surface area contributed by atoms with E-state index in [-0.39, 0.29) is 24.1 Å². The number of aliphatic carboxylic acids is 1. The minimum absolute atomic E-state index is 0.00600. The molecule has 27 heavy (non-hydrogen) atoms. The third-order valence-corrected chi connectivity index (χ3v) is 5.45. The van der Waals surface area contributed by atoms with E-state index >= 15 is 0 Å². The molecule has 1 unspecified atom stereocenters. The molecular weight excluding hydrogens is 370 g/mol. The standard InChI is InChI=1S/C19H26ClN3O4/c1-22(12-17(24)25)10-16-11-23(7-8-27-16)18(26)21-13-19(5-6-19)14-3-2-4-15(20)9-14/h2-4,9,16H,5-8,10-13H2,1H3,(H,21,26)(H,24,25). The number of nitrogens with zero attached hydrogens (tertiary/aromatic N) is 2. The Hall–Kier alpha value is -1.83. The molecule has 2 amide bonds. The first-order valence-corrected chi connectivity index (χ1v) is 9.56. The molecule has 1 aromatic carbocycles. The number of carboxylic acid groups (broad SMARTS) is 1. The fraction of sp³-hybridized carbons (Fsp3) is 0.579. The van der Waals surface area contributed by atoms with E-state index in [1.54, 1.807) is 16.8 Å². The van der Waals surface area contributed by atoms with Crippen molar-refractivity contribution in [1.82, 2.24) is 15.1 Å². The van der Waals surface area contributed by atoms with Crippen LogP contribution in [0.3, 0.4) is 0 Å². The highest BCUT2D eigenvalue weighted by Crippen LogP contribution is 2.48. The van der Waals surface area contributed by atoms with Crippen molar-refractivity contribution >= 4 is 23.6 Å². The lowest BCUT2D eigenvalue weighted by Crippen LogP contribution is -2.53. The molecule has 1 aliphatic heterocycles. The molecule has 0 radical (unpaired) electrons. The molecule has 1 aromatic rings. The van der Waals surface area contributed by atoms with Gasteiger partial charge in [-0.1, -0.05) is 23.7 Å². The number of hydrogen-bond donors (Lipinski definition) is 2. The Kier molecular flexibility index (Phi) is 6.24. The van der Waals surface area contributed by atoms with Crippen molar-refractivity contribution in [3.05, 3.63) is 34.9 Å². The lowest BCUT2D eigenvalue weighted by Gasteiger charge is -2.35. The highest BCUT2D eigenvalue weighted by atomic mass is 35.5. The topological polar surface area (TPSA) is 82.1 Å². The molecule has 1 saturated heterocycles. The van der Waals surface area contributed by atoms with E-state index in [1.165, 1.54) is 5.56 Å². The summed E-state index contributed by atoms with van der Waals surface area (Å²) in [7, 11) is 1.73. The molecule has 1 saturated carbocycles. The first-order chi connectivity index (χ1) is 12.9. The Bertz CT molecular complexity index is 695. The zero-order valence-corrected chi connectivity index (χ0v) is 16.2. The zero-order valence-electron chi connectivity index (χ0n) is 15.5.